The second kappa shape index (κ2) is 7.49. The molecule has 1 aromatic carbocycles. The van der Waals surface area contributed by atoms with E-state index in [1.807, 2.05) is 37.3 Å². The van der Waals surface area contributed by atoms with Crippen LogP contribution in [0.2, 0.25) is 0 Å². The number of nitrogens with one attached hydrogen (secondary N) is 2. The van der Waals surface area contributed by atoms with Crippen LogP contribution < -0.4 is 5.32 Å². The van der Waals surface area contributed by atoms with Crippen LogP contribution in [0.1, 0.15) is 32.3 Å². The van der Waals surface area contributed by atoms with Crippen molar-refractivity contribution >= 4 is 0 Å². The Balaban J connectivity index is 1.59. The number of aromatic amines is 1. The molecule has 144 valence electrons. The first-order valence-corrected chi connectivity index (χ1v) is 9.40. The van der Waals surface area contributed by atoms with Gasteiger partial charge in [-0.1, -0.05) is 31.2 Å². The predicted molar refractivity (Wildman–Crippen MR) is 106 cm³/mol. The summed E-state index contributed by atoms with van der Waals surface area (Å²) >= 11 is 0. The average molecular weight is 377 g/mol. The van der Waals surface area contributed by atoms with Crippen LogP contribution in [0.15, 0.2) is 54.1 Å². The summed E-state index contributed by atoms with van der Waals surface area (Å²) in [4.78, 5) is 4.18. The van der Waals surface area contributed by atoms with Crippen LogP contribution in [0.5, 0.6) is 0 Å². The van der Waals surface area contributed by atoms with E-state index < -0.39 is 0 Å². The Morgan fingerprint density at radius 3 is 2.68 bits per heavy atom. The number of hydroxylamine groups is 3. The van der Waals surface area contributed by atoms with Crippen molar-refractivity contribution in [2.75, 3.05) is 6.67 Å². The van der Waals surface area contributed by atoms with Crippen LogP contribution in [0.4, 0.5) is 0 Å². The number of tetrazole rings is 1. The highest BCUT2D eigenvalue weighted by Crippen LogP contribution is 2.32. The second-order valence-corrected chi connectivity index (χ2v) is 7.07. The molecular weight excluding hydrogens is 354 g/mol. The number of quaternary nitrogens is 1. The molecule has 4 rings (SSSR count). The molecule has 3 heterocycles. The zero-order valence-electron chi connectivity index (χ0n) is 16.0. The molecule has 0 saturated carbocycles. The lowest BCUT2D eigenvalue weighted by Gasteiger charge is -2.39. The van der Waals surface area contributed by atoms with E-state index in [0.29, 0.717) is 19.0 Å². The number of H-pyrrole nitrogens is 1. The van der Waals surface area contributed by atoms with Crippen molar-refractivity contribution in [2.24, 2.45) is 0 Å². The molecule has 0 saturated heterocycles. The van der Waals surface area contributed by atoms with Gasteiger partial charge in [0, 0.05) is 29.9 Å². The maximum atomic E-state index is 13.4. The van der Waals surface area contributed by atoms with Gasteiger partial charge in [-0.2, -0.15) is 0 Å². The molecule has 0 spiro atoms. The molecule has 1 aliphatic heterocycles. The van der Waals surface area contributed by atoms with E-state index in [1.165, 1.54) is 0 Å². The quantitative estimate of drug-likeness (QED) is 0.504. The minimum atomic E-state index is -0.316. The Bertz CT molecular complexity index is 982. The van der Waals surface area contributed by atoms with Crippen molar-refractivity contribution in [1.29, 1.82) is 0 Å². The SMILES string of the molecule is CCCC1=C(C)NC[N+]1([O-])Cc1ccc(-c2ccncc2-c2nnn[nH]2)cc1. The number of hydrogen-bond donors (Lipinski definition) is 2. The summed E-state index contributed by atoms with van der Waals surface area (Å²) in [5.74, 6) is 0.573. The van der Waals surface area contributed by atoms with E-state index in [2.05, 4.69) is 37.8 Å². The van der Waals surface area contributed by atoms with Gasteiger partial charge in [0.15, 0.2) is 12.5 Å². The molecule has 0 fully saturated rings. The molecule has 3 aromatic rings. The molecule has 8 heteroatoms. The monoisotopic (exact) mass is 377 g/mol. The average Bonchev–Trinajstić information content (AvgIpc) is 3.34. The van der Waals surface area contributed by atoms with Gasteiger partial charge in [-0.05, 0) is 41.0 Å². The molecule has 1 unspecified atom stereocenters. The largest absolute Gasteiger partial charge is 0.626 e. The number of aromatic nitrogens is 5. The number of nitrogens with zero attached hydrogens (tertiary/aromatic N) is 5. The van der Waals surface area contributed by atoms with Crippen molar-refractivity contribution < 1.29 is 4.65 Å². The first-order valence-electron chi connectivity index (χ1n) is 9.40. The fourth-order valence-corrected chi connectivity index (χ4v) is 3.72. The molecule has 0 aliphatic carbocycles. The number of hydrogen-bond acceptors (Lipinski definition) is 6. The van der Waals surface area contributed by atoms with Gasteiger partial charge in [0.25, 0.3) is 0 Å². The van der Waals surface area contributed by atoms with E-state index >= 15 is 0 Å². The Kier molecular flexibility index (Phi) is 4.89. The molecule has 2 aromatic heterocycles. The van der Waals surface area contributed by atoms with Gasteiger partial charge in [-0.25, -0.2) is 5.10 Å². The van der Waals surface area contributed by atoms with Crippen molar-refractivity contribution in [2.45, 2.75) is 33.2 Å². The highest BCUT2D eigenvalue weighted by molar-refractivity contribution is 5.79. The third kappa shape index (κ3) is 3.39. The lowest BCUT2D eigenvalue weighted by atomic mass is 10.00. The third-order valence-corrected chi connectivity index (χ3v) is 5.14. The van der Waals surface area contributed by atoms with Gasteiger partial charge in [0.1, 0.15) is 12.2 Å². The summed E-state index contributed by atoms with van der Waals surface area (Å²) in [5, 5.41) is 30.6. The molecular formula is C20H23N7O. The predicted octanol–water partition coefficient (Wildman–Crippen LogP) is 3.34. The van der Waals surface area contributed by atoms with Crippen LogP contribution in [0, 0.1) is 5.21 Å². The van der Waals surface area contributed by atoms with Crippen molar-refractivity contribution in [1.82, 2.24) is 30.9 Å². The van der Waals surface area contributed by atoms with Crippen molar-refractivity contribution in [3.8, 4) is 22.5 Å². The van der Waals surface area contributed by atoms with E-state index in [4.69, 9.17) is 0 Å². The topological polar surface area (TPSA) is 102 Å². The standard InChI is InChI=1S/C20H23N7O/c1-3-4-19-14(2)22-13-27(19,28)12-15-5-7-16(8-6-15)17-9-10-21-11-18(17)20-23-25-26-24-20/h5-11,22H,3-4,12-13H2,1-2H3,(H,23,24,25,26). The lowest BCUT2D eigenvalue weighted by Crippen LogP contribution is -2.40. The summed E-state index contributed by atoms with van der Waals surface area (Å²) in [6.07, 6.45) is 5.28. The summed E-state index contributed by atoms with van der Waals surface area (Å²) in [6, 6.07) is 10.0. The lowest BCUT2D eigenvalue weighted by molar-refractivity contribution is -0.853. The molecule has 8 nitrogen and oxygen atoms in total. The van der Waals surface area contributed by atoms with Gasteiger partial charge in [-0.3, -0.25) is 4.98 Å². The number of benzene rings is 1. The summed E-state index contributed by atoms with van der Waals surface area (Å²) in [5.41, 5.74) is 5.84. The van der Waals surface area contributed by atoms with E-state index in [9.17, 15) is 5.21 Å². The molecule has 1 aliphatic rings. The van der Waals surface area contributed by atoms with Gasteiger partial charge in [-0.15, -0.1) is 5.10 Å². The highest BCUT2D eigenvalue weighted by Gasteiger charge is 2.31. The fourth-order valence-electron chi connectivity index (χ4n) is 3.72. The number of allylic oxidation sites excluding steroid dienone is 2. The Hall–Kier alpha value is -3.10. The Morgan fingerprint density at radius 2 is 1.96 bits per heavy atom. The van der Waals surface area contributed by atoms with Gasteiger partial charge in [0.05, 0.1) is 5.70 Å². The highest BCUT2D eigenvalue weighted by atomic mass is 16.6. The Labute approximate surface area is 163 Å². The summed E-state index contributed by atoms with van der Waals surface area (Å²) < 4.78 is -0.316. The number of rotatable bonds is 6. The number of pyridine rings is 1. The van der Waals surface area contributed by atoms with Crippen LogP contribution in [0.3, 0.4) is 0 Å². The minimum absolute atomic E-state index is 0.316. The first kappa shape index (κ1) is 18.3. The maximum Gasteiger partial charge on any atom is 0.181 e. The maximum absolute atomic E-state index is 13.4. The normalized spacial score (nSPS) is 19.1. The molecule has 2 N–H and O–H groups in total. The molecule has 0 bridgehead atoms. The van der Waals surface area contributed by atoms with Crippen LogP contribution in [0.25, 0.3) is 22.5 Å². The van der Waals surface area contributed by atoms with Crippen LogP contribution in [-0.2, 0) is 6.54 Å². The van der Waals surface area contributed by atoms with Gasteiger partial charge < -0.3 is 15.2 Å². The van der Waals surface area contributed by atoms with Crippen LogP contribution in [-0.4, -0.2) is 36.9 Å². The summed E-state index contributed by atoms with van der Waals surface area (Å²) in [7, 11) is 0. The summed E-state index contributed by atoms with van der Waals surface area (Å²) in [6.45, 7) is 4.93. The molecule has 0 radical (unpaired) electrons. The molecule has 1 atom stereocenters. The zero-order valence-corrected chi connectivity index (χ0v) is 16.0. The minimum Gasteiger partial charge on any atom is -0.626 e. The van der Waals surface area contributed by atoms with Crippen LogP contribution >= 0.6 is 0 Å². The fraction of sp³-hybridized carbons (Fsp3) is 0.300. The zero-order chi connectivity index (χ0) is 19.6. The molecule has 0 amide bonds. The smallest absolute Gasteiger partial charge is 0.181 e. The van der Waals surface area contributed by atoms with E-state index in [1.54, 1.807) is 12.4 Å². The van der Waals surface area contributed by atoms with E-state index in [0.717, 1.165) is 46.5 Å². The Morgan fingerprint density at radius 1 is 1.14 bits per heavy atom. The van der Waals surface area contributed by atoms with Gasteiger partial charge >= 0.3 is 0 Å². The second-order valence-electron chi connectivity index (χ2n) is 7.07. The van der Waals surface area contributed by atoms with Gasteiger partial charge in [0.2, 0.25) is 0 Å². The molecule has 28 heavy (non-hydrogen) atoms. The van der Waals surface area contributed by atoms with Crippen molar-refractivity contribution in [3.63, 3.8) is 0 Å². The van der Waals surface area contributed by atoms with Crippen molar-refractivity contribution in [3.05, 3.63) is 64.9 Å². The van der Waals surface area contributed by atoms with E-state index in [-0.39, 0.29) is 4.65 Å². The first-order chi connectivity index (χ1) is 13.6. The third-order valence-electron chi connectivity index (χ3n) is 5.14.